The van der Waals surface area contributed by atoms with Gasteiger partial charge in [-0.2, -0.15) is 0 Å². The molecule has 0 bridgehead atoms. The second kappa shape index (κ2) is 5.66. The number of hydrogen-bond acceptors (Lipinski definition) is 1. The fourth-order valence-electron chi connectivity index (χ4n) is 2.76. The Balaban J connectivity index is 1.78. The van der Waals surface area contributed by atoms with Crippen LogP contribution in [0.5, 0.6) is 0 Å². The van der Waals surface area contributed by atoms with Crippen molar-refractivity contribution in [3.63, 3.8) is 0 Å². The summed E-state index contributed by atoms with van der Waals surface area (Å²) in [6.07, 6.45) is 2.40. The molecule has 1 nitrogen and oxygen atoms in total. The molecule has 0 saturated heterocycles. The molecule has 1 aliphatic rings. The van der Waals surface area contributed by atoms with Crippen LogP contribution in [0.2, 0.25) is 0 Å². The number of halogens is 1. The van der Waals surface area contributed by atoms with Crippen LogP contribution in [0.15, 0.2) is 54.6 Å². The van der Waals surface area contributed by atoms with Crippen LogP contribution in [0.1, 0.15) is 22.9 Å². The molecule has 0 aliphatic carbocycles. The van der Waals surface area contributed by atoms with E-state index >= 15 is 0 Å². The summed E-state index contributed by atoms with van der Waals surface area (Å²) in [5.41, 5.74) is 4.01. The van der Waals surface area contributed by atoms with Crippen LogP contribution < -0.4 is 4.90 Å². The van der Waals surface area contributed by atoms with E-state index in [1.54, 1.807) is 0 Å². The zero-order chi connectivity index (χ0) is 13.1. The Hall–Kier alpha value is -1.47. The van der Waals surface area contributed by atoms with Crippen molar-refractivity contribution >= 4 is 17.3 Å². The smallest absolute Gasteiger partial charge is 0.0760 e. The summed E-state index contributed by atoms with van der Waals surface area (Å²) in [6.45, 7) is 1.98. The van der Waals surface area contributed by atoms with Gasteiger partial charge in [0.15, 0.2) is 0 Å². The third-order valence-corrected chi connectivity index (χ3v) is 4.14. The van der Waals surface area contributed by atoms with Crippen molar-refractivity contribution in [3.8, 4) is 0 Å². The number of fused-ring (bicyclic) bond motifs is 1. The summed E-state index contributed by atoms with van der Waals surface area (Å²) in [4.78, 5) is 2.42. The minimum atomic E-state index is 0.0485. The van der Waals surface area contributed by atoms with E-state index in [1.165, 1.54) is 29.7 Å². The van der Waals surface area contributed by atoms with Gasteiger partial charge in [0.1, 0.15) is 0 Å². The molecular weight excluding hydrogens is 254 g/mol. The third kappa shape index (κ3) is 2.76. The van der Waals surface area contributed by atoms with Crippen LogP contribution in [-0.4, -0.2) is 13.1 Å². The van der Waals surface area contributed by atoms with Crippen molar-refractivity contribution in [3.05, 3.63) is 65.7 Å². The second-order valence-corrected chi connectivity index (χ2v) is 5.58. The number of para-hydroxylation sites is 1. The Labute approximate surface area is 119 Å². The topological polar surface area (TPSA) is 3.24 Å². The van der Waals surface area contributed by atoms with E-state index in [-0.39, 0.29) is 5.38 Å². The standard InChI is InChI=1S/C17H18ClN/c18-16(14-7-2-1-3-8-14)13-19-12-6-10-15-9-4-5-11-17(15)19/h1-5,7-9,11,16H,6,10,12-13H2. The number of benzene rings is 2. The van der Waals surface area contributed by atoms with Crippen molar-refractivity contribution in [1.29, 1.82) is 0 Å². The number of nitrogens with zero attached hydrogens (tertiary/aromatic N) is 1. The van der Waals surface area contributed by atoms with E-state index in [0.717, 1.165) is 13.1 Å². The molecule has 1 aliphatic heterocycles. The summed E-state index contributed by atoms with van der Waals surface area (Å²) in [5.74, 6) is 0. The summed E-state index contributed by atoms with van der Waals surface area (Å²) < 4.78 is 0. The predicted molar refractivity (Wildman–Crippen MR) is 82.0 cm³/mol. The molecule has 0 N–H and O–H groups in total. The van der Waals surface area contributed by atoms with Crippen LogP contribution in [-0.2, 0) is 6.42 Å². The number of anilines is 1. The lowest BCUT2D eigenvalue weighted by Crippen LogP contribution is -2.32. The Bertz CT molecular complexity index is 538. The average molecular weight is 272 g/mol. The van der Waals surface area contributed by atoms with Crippen molar-refractivity contribution < 1.29 is 0 Å². The summed E-state index contributed by atoms with van der Waals surface area (Å²) in [6, 6.07) is 19.0. The molecule has 3 rings (SSSR count). The minimum Gasteiger partial charge on any atom is -0.369 e. The highest BCUT2D eigenvalue weighted by Gasteiger charge is 2.19. The van der Waals surface area contributed by atoms with Gasteiger partial charge in [-0.15, -0.1) is 11.6 Å². The molecule has 1 unspecified atom stereocenters. The Morgan fingerprint density at radius 1 is 1.00 bits per heavy atom. The van der Waals surface area contributed by atoms with Gasteiger partial charge in [0.25, 0.3) is 0 Å². The van der Waals surface area contributed by atoms with E-state index in [1.807, 2.05) is 6.07 Å². The minimum absolute atomic E-state index is 0.0485. The summed E-state index contributed by atoms with van der Waals surface area (Å²) in [5, 5.41) is 0.0485. The van der Waals surface area contributed by atoms with Gasteiger partial charge in [0.05, 0.1) is 5.38 Å². The van der Waals surface area contributed by atoms with E-state index in [4.69, 9.17) is 11.6 Å². The number of rotatable bonds is 3. The maximum Gasteiger partial charge on any atom is 0.0760 e. The normalized spacial score (nSPS) is 15.9. The van der Waals surface area contributed by atoms with Gasteiger partial charge >= 0.3 is 0 Å². The van der Waals surface area contributed by atoms with Gasteiger partial charge < -0.3 is 4.90 Å². The molecule has 0 saturated carbocycles. The Kier molecular flexibility index (Phi) is 3.74. The van der Waals surface area contributed by atoms with Gasteiger partial charge in [-0.05, 0) is 30.0 Å². The maximum absolute atomic E-state index is 6.56. The molecule has 1 atom stereocenters. The Morgan fingerprint density at radius 3 is 2.58 bits per heavy atom. The lowest BCUT2D eigenvalue weighted by molar-refractivity contribution is 0.681. The molecule has 2 heteroatoms. The van der Waals surface area contributed by atoms with Crippen LogP contribution >= 0.6 is 11.6 Å². The van der Waals surface area contributed by atoms with Crippen LogP contribution in [0.4, 0.5) is 5.69 Å². The first-order valence-corrected chi connectivity index (χ1v) is 7.30. The lowest BCUT2D eigenvalue weighted by Gasteiger charge is -2.32. The van der Waals surface area contributed by atoms with Crippen molar-refractivity contribution in [1.82, 2.24) is 0 Å². The Morgan fingerprint density at radius 2 is 1.74 bits per heavy atom. The van der Waals surface area contributed by atoms with Crippen molar-refractivity contribution in [2.75, 3.05) is 18.0 Å². The molecule has 19 heavy (non-hydrogen) atoms. The van der Waals surface area contributed by atoms with Crippen molar-refractivity contribution in [2.24, 2.45) is 0 Å². The zero-order valence-corrected chi connectivity index (χ0v) is 11.7. The molecule has 0 fully saturated rings. The highest BCUT2D eigenvalue weighted by molar-refractivity contribution is 6.21. The highest BCUT2D eigenvalue weighted by atomic mass is 35.5. The largest absolute Gasteiger partial charge is 0.369 e. The van der Waals surface area contributed by atoms with E-state index in [0.29, 0.717) is 0 Å². The predicted octanol–water partition coefficient (Wildman–Crippen LogP) is 4.42. The SMILES string of the molecule is ClC(CN1CCCc2ccccc21)c1ccccc1. The molecule has 2 aromatic rings. The molecule has 0 radical (unpaired) electrons. The quantitative estimate of drug-likeness (QED) is 0.747. The maximum atomic E-state index is 6.56. The van der Waals surface area contributed by atoms with Crippen LogP contribution in [0, 0.1) is 0 Å². The van der Waals surface area contributed by atoms with Crippen LogP contribution in [0.3, 0.4) is 0 Å². The van der Waals surface area contributed by atoms with Gasteiger partial charge in [-0.3, -0.25) is 0 Å². The first-order chi connectivity index (χ1) is 9.34. The molecule has 0 aromatic heterocycles. The molecule has 0 spiro atoms. The molecule has 0 amide bonds. The van der Waals surface area contributed by atoms with Gasteiger partial charge in [0, 0.05) is 18.8 Å². The van der Waals surface area contributed by atoms with Gasteiger partial charge in [-0.25, -0.2) is 0 Å². The highest BCUT2D eigenvalue weighted by Crippen LogP contribution is 2.30. The second-order valence-electron chi connectivity index (χ2n) is 5.06. The molecule has 1 heterocycles. The monoisotopic (exact) mass is 271 g/mol. The summed E-state index contributed by atoms with van der Waals surface area (Å²) >= 11 is 6.56. The lowest BCUT2D eigenvalue weighted by atomic mass is 10.0. The van der Waals surface area contributed by atoms with Crippen molar-refractivity contribution in [2.45, 2.75) is 18.2 Å². The molecular formula is C17H18ClN. The number of alkyl halides is 1. The van der Waals surface area contributed by atoms with E-state index in [9.17, 15) is 0 Å². The first-order valence-electron chi connectivity index (χ1n) is 6.86. The first kappa shape index (κ1) is 12.6. The van der Waals surface area contributed by atoms with Gasteiger partial charge in [-0.1, -0.05) is 48.5 Å². The number of hydrogen-bond donors (Lipinski definition) is 0. The molecule has 98 valence electrons. The van der Waals surface area contributed by atoms with Crippen LogP contribution in [0.25, 0.3) is 0 Å². The third-order valence-electron chi connectivity index (χ3n) is 3.75. The van der Waals surface area contributed by atoms with Gasteiger partial charge in [0.2, 0.25) is 0 Å². The fourth-order valence-corrected chi connectivity index (χ4v) is 3.07. The summed E-state index contributed by atoms with van der Waals surface area (Å²) in [7, 11) is 0. The number of aryl methyl sites for hydroxylation is 1. The zero-order valence-electron chi connectivity index (χ0n) is 10.9. The van der Waals surface area contributed by atoms with E-state index < -0.39 is 0 Å². The van der Waals surface area contributed by atoms with E-state index in [2.05, 4.69) is 53.4 Å². The fraction of sp³-hybridized carbons (Fsp3) is 0.294. The average Bonchev–Trinajstić information content (AvgIpc) is 2.48. The molecule has 2 aromatic carbocycles.